The highest BCUT2D eigenvalue weighted by molar-refractivity contribution is 5.77. The third kappa shape index (κ3) is 3.12. The molecule has 0 radical (unpaired) electrons. The molecule has 0 spiro atoms. The molecule has 2 amide bonds. The van der Waals surface area contributed by atoms with E-state index in [1.54, 1.807) is 25.9 Å². The van der Waals surface area contributed by atoms with Gasteiger partial charge in [-0.15, -0.1) is 0 Å². The van der Waals surface area contributed by atoms with E-state index < -0.39 is 0 Å². The first-order chi connectivity index (χ1) is 7.56. The van der Waals surface area contributed by atoms with Crippen LogP contribution in [0.3, 0.4) is 0 Å². The van der Waals surface area contributed by atoms with Crippen molar-refractivity contribution < 1.29 is 14.3 Å². The molecular weight excluding hydrogens is 208 g/mol. The van der Waals surface area contributed by atoms with E-state index >= 15 is 0 Å². The molecule has 16 heavy (non-hydrogen) atoms. The standard InChI is InChI=1S/C11H20N2O3/c1-4-16-10(14)9-6-5-7-13(8-9)11(15)12(2)3/h9H,4-8H2,1-3H3. The fourth-order valence-electron chi connectivity index (χ4n) is 1.89. The molecule has 1 unspecified atom stereocenters. The maximum absolute atomic E-state index is 11.7. The monoisotopic (exact) mass is 228 g/mol. The lowest BCUT2D eigenvalue weighted by atomic mass is 9.98. The Kier molecular flexibility index (Phi) is 4.58. The second-order valence-electron chi connectivity index (χ2n) is 4.21. The number of nitrogens with zero attached hydrogens (tertiary/aromatic N) is 2. The van der Waals surface area contributed by atoms with E-state index in [4.69, 9.17) is 4.74 Å². The average Bonchev–Trinajstić information content (AvgIpc) is 2.28. The molecule has 0 saturated carbocycles. The Balaban J connectivity index is 2.53. The number of esters is 1. The minimum atomic E-state index is -0.182. The van der Waals surface area contributed by atoms with E-state index in [0.717, 1.165) is 19.4 Å². The SMILES string of the molecule is CCOC(=O)C1CCCN(C(=O)N(C)C)C1. The van der Waals surface area contributed by atoms with E-state index in [0.29, 0.717) is 13.2 Å². The highest BCUT2D eigenvalue weighted by Gasteiger charge is 2.29. The van der Waals surface area contributed by atoms with Gasteiger partial charge >= 0.3 is 12.0 Å². The number of carbonyl (C=O) groups excluding carboxylic acids is 2. The normalized spacial score (nSPS) is 20.4. The van der Waals surface area contributed by atoms with Crippen LogP contribution in [0.5, 0.6) is 0 Å². The largest absolute Gasteiger partial charge is 0.466 e. The van der Waals surface area contributed by atoms with Crippen LogP contribution in [0, 0.1) is 5.92 Å². The van der Waals surface area contributed by atoms with Crippen molar-refractivity contribution >= 4 is 12.0 Å². The molecule has 0 N–H and O–H groups in total. The molecule has 5 heteroatoms. The van der Waals surface area contributed by atoms with Crippen LogP contribution in [0.4, 0.5) is 4.79 Å². The molecule has 1 atom stereocenters. The first kappa shape index (κ1) is 12.8. The number of hydrogen-bond acceptors (Lipinski definition) is 3. The maximum Gasteiger partial charge on any atom is 0.319 e. The van der Waals surface area contributed by atoms with Crippen molar-refractivity contribution in [2.75, 3.05) is 33.8 Å². The minimum absolute atomic E-state index is 0.0333. The summed E-state index contributed by atoms with van der Waals surface area (Å²) in [5, 5.41) is 0. The zero-order chi connectivity index (χ0) is 12.1. The molecule has 1 rings (SSSR count). The van der Waals surface area contributed by atoms with Gasteiger partial charge in [0, 0.05) is 27.2 Å². The topological polar surface area (TPSA) is 49.9 Å². The Morgan fingerprint density at radius 1 is 1.44 bits per heavy atom. The van der Waals surface area contributed by atoms with E-state index in [1.807, 2.05) is 0 Å². The summed E-state index contributed by atoms with van der Waals surface area (Å²) < 4.78 is 4.98. The molecule has 1 aliphatic rings. The van der Waals surface area contributed by atoms with Gasteiger partial charge in [-0.1, -0.05) is 0 Å². The zero-order valence-electron chi connectivity index (χ0n) is 10.2. The molecule has 5 nitrogen and oxygen atoms in total. The van der Waals surface area contributed by atoms with Gasteiger partial charge in [-0.2, -0.15) is 0 Å². The third-order valence-electron chi connectivity index (χ3n) is 2.69. The lowest BCUT2D eigenvalue weighted by molar-refractivity contribution is -0.149. The Bertz CT molecular complexity index is 266. The zero-order valence-corrected chi connectivity index (χ0v) is 10.2. The molecule has 0 aliphatic carbocycles. The fraction of sp³-hybridized carbons (Fsp3) is 0.818. The molecule has 1 fully saturated rings. The summed E-state index contributed by atoms with van der Waals surface area (Å²) in [6.07, 6.45) is 1.68. The summed E-state index contributed by atoms with van der Waals surface area (Å²) in [5.74, 6) is -0.337. The Labute approximate surface area is 96.3 Å². The number of ether oxygens (including phenoxy) is 1. The number of likely N-dealkylation sites (tertiary alicyclic amines) is 1. The number of amides is 2. The van der Waals surface area contributed by atoms with Crippen LogP contribution in [-0.4, -0.2) is 55.6 Å². The Hall–Kier alpha value is -1.26. The molecule has 0 aromatic carbocycles. The van der Waals surface area contributed by atoms with Gasteiger partial charge in [0.1, 0.15) is 0 Å². The third-order valence-corrected chi connectivity index (χ3v) is 2.69. The first-order valence-corrected chi connectivity index (χ1v) is 5.69. The van der Waals surface area contributed by atoms with E-state index in [1.165, 1.54) is 4.90 Å². The van der Waals surface area contributed by atoms with Crippen LogP contribution in [0.1, 0.15) is 19.8 Å². The quantitative estimate of drug-likeness (QED) is 0.661. The molecular formula is C11H20N2O3. The van der Waals surface area contributed by atoms with Crippen LogP contribution in [0.2, 0.25) is 0 Å². The highest BCUT2D eigenvalue weighted by Crippen LogP contribution is 2.18. The second kappa shape index (κ2) is 5.72. The minimum Gasteiger partial charge on any atom is -0.466 e. The first-order valence-electron chi connectivity index (χ1n) is 5.69. The number of carbonyl (C=O) groups is 2. The molecule has 0 aromatic rings. The van der Waals surface area contributed by atoms with E-state index in [2.05, 4.69) is 0 Å². The lowest BCUT2D eigenvalue weighted by Crippen LogP contribution is -2.46. The van der Waals surface area contributed by atoms with Crippen molar-refractivity contribution in [2.45, 2.75) is 19.8 Å². The van der Waals surface area contributed by atoms with Crippen molar-refractivity contribution in [1.82, 2.24) is 9.80 Å². The van der Waals surface area contributed by atoms with Crippen molar-refractivity contribution in [3.05, 3.63) is 0 Å². The number of hydrogen-bond donors (Lipinski definition) is 0. The van der Waals surface area contributed by atoms with Crippen LogP contribution in [0.15, 0.2) is 0 Å². The van der Waals surface area contributed by atoms with Crippen LogP contribution >= 0.6 is 0 Å². The van der Waals surface area contributed by atoms with Gasteiger partial charge in [0.25, 0.3) is 0 Å². The number of rotatable bonds is 2. The maximum atomic E-state index is 11.7. The van der Waals surface area contributed by atoms with Crippen molar-refractivity contribution in [1.29, 1.82) is 0 Å². The molecule has 1 saturated heterocycles. The highest BCUT2D eigenvalue weighted by atomic mass is 16.5. The molecule has 92 valence electrons. The van der Waals surface area contributed by atoms with Crippen molar-refractivity contribution in [2.24, 2.45) is 5.92 Å². The summed E-state index contributed by atoms with van der Waals surface area (Å²) in [5.41, 5.74) is 0. The van der Waals surface area contributed by atoms with Gasteiger partial charge in [0.05, 0.1) is 12.5 Å². The van der Waals surface area contributed by atoms with Crippen LogP contribution < -0.4 is 0 Å². The predicted molar refractivity (Wildman–Crippen MR) is 60.0 cm³/mol. The number of piperidine rings is 1. The van der Waals surface area contributed by atoms with Gasteiger partial charge < -0.3 is 14.5 Å². The van der Waals surface area contributed by atoms with Crippen molar-refractivity contribution in [3.63, 3.8) is 0 Å². The Morgan fingerprint density at radius 3 is 2.69 bits per heavy atom. The molecule has 1 aliphatic heterocycles. The molecule has 1 heterocycles. The summed E-state index contributed by atoms with van der Waals surface area (Å²) in [6, 6.07) is -0.0333. The van der Waals surface area contributed by atoms with Crippen molar-refractivity contribution in [3.8, 4) is 0 Å². The van der Waals surface area contributed by atoms with Gasteiger partial charge in [0.15, 0.2) is 0 Å². The lowest BCUT2D eigenvalue weighted by Gasteiger charge is -2.33. The van der Waals surface area contributed by atoms with Crippen LogP contribution in [0.25, 0.3) is 0 Å². The van der Waals surface area contributed by atoms with Crippen LogP contribution in [-0.2, 0) is 9.53 Å². The van der Waals surface area contributed by atoms with Gasteiger partial charge in [-0.25, -0.2) is 4.79 Å². The average molecular weight is 228 g/mol. The second-order valence-corrected chi connectivity index (χ2v) is 4.21. The fourth-order valence-corrected chi connectivity index (χ4v) is 1.89. The summed E-state index contributed by atoms with van der Waals surface area (Å²) >= 11 is 0. The summed E-state index contributed by atoms with van der Waals surface area (Å²) in [7, 11) is 3.44. The van der Waals surface area contributed by atoms with Gasteiger partial charge in [-0.3, -0.25) is 4.79 Å². The predicted octanol–water partition coefficient (Wildman–Crippen LogP) is 0.943. The van der Waals surface area contributed by atoms with E-state index in [9.17, 15) is 9.59 Å². The van der Waals surface area contributed by atoms with Gasteiger partial charge in [-0.05, 0) is 19.8 Å². The smallest absolute Gasteiger partial charge is 0.319 e. The van der Waals surface area contributed by atoms with Gasteiger partial charge in [0.2, 0.25) is 0 Å². The molecule has 0 aromatic heterocycles. The molecule has 0 bridgehead atoms. The summed E-state index contributed by atoms with van der Waals surface area (Å²) in [4.78, 5) is 26.5. The van der Waals surface area contributed by atoms with E-state index in [-0.39, 0.29) is 17.9 Å². The number of urea groups is 1. The Morgan fingerprint density at radius 2 is 2.12 bits per heavy atom. The summed E-state index contributed by atoms with van der Waals surface area (Å²) in [6.45, 7) is 3.41.